The summed E-state index contributed by atoms with van der Waals surface area (Å²) in [4.78, 5) is 1.43. The molecule has 5 heteroatoms. The Bertz CT molecular complexity index is 537. The molecule has 1 unspecified atom stereocenters. The second kappa shape index (κ2) is 5.12. The number of nitrogens with zero attached hydrogens (tertiary/aromatic N) is 3. The van der Waals surface area contributed by atoms with Crippen LogP contribution in [0.4, 0.5) is 0 Å². The SMILES string of the molecule is Cn1cnnc1CNCC1CSc2ccccc21. The molecule has 2 heterocycles. The van der Waals surface area contributed by atoms with Crippen LogP contribution in [-0.4, -0.2) is 27.1 Å². The topological polar surface area (TPSA) is 42.7 Å². The smallest absolute Gasteiger partial charge is 0.146 e. The Kier molecular flexibility index (Phi) is 3.34. The molecule has 1 aliphatic rings. The van der Waals surface area contributed by atoms with Crippen LogP contribution in [0.2, 0.25) is 0 Å². The molecular formula is C13H16N4S. The molecule has 0 radical (unpaired) electrons. The molecule has 1 aliphatic heterocycles. The third-order valence-corrected chi connectivity index (χ3v) is 4.53. The van der Waals surface area contributed by atoms with Gasteiger partial charge < -0.3 is 9.88 Å². The maximum atomic E-state index is 4.07. The van der Waals surface area contributed by atoms with Crippen molar-refractivity contribution in [1.82, 2.24) is 20.1 Å². The zero-order valence-electron chi connectivity index (χ0n) is 10.3. The minimum absolute atomic E-state index is 0.611. The molecule has 0 fully saturated rings. The summed E-state index contributed by atoms with van der Waals surface area (Å²) in [6, 6.07) is 8.69. The number of hydrogen-bond donors (Lipinski definition) is 1. The van der Waals surface area contributed by atoms with E-state index in [1.54, 1.807) is 6.33 Å². The summed E-state index contributed by atoms with van der Waals surface area (Å²) in [7, 11) is 1.97. The minimum atomic E-state index is 0.611. The van der Waals surface area contributed by atoms with Crippen LogP contribution in [0, 0.1) is 0 Å². The Morgan fingerprint density at radius 3 is 3.17 bits per heavy atom. The van der Waals surface area contributed by atoms with Crippen LogP contribution in [0.25, 0.3) is 0 Å². The maximum absolute atomic E-state index is 4.07. The van der Waals surface area contributed by atoms with Gasteiger partial charge in [0.1, 0.15) is 12.2 Å². The standard InChI is InChI=1S/C13H16N4S/c1-17-9-15-16-13(17)7-14-6-10-8-18-12-5-3-2-4-11(10)12/h2-5,9-10,14H,6-8H2,1H3. The summed E-state index contributed by atoms with van der Waals surface area (Å²) in [5, 5.41) is 11.4. The molecule has 18 heavy (non-hydrogen) atoms. The summed E-state index contributed by atoms with van der Waals surface area (Å²) < 4.78 is 1.95. The van der Waals surface area contributed by atoms with Crippen molar-refractivity contribution in [3.05, 3.63) is 42.0 Å². The zero-order chi connectivity index (χ0) is 12.4. The first kappa shape index (κ1) is 11.7. The maximum Gasteiger partial charge on any atom is 0.146 e. The monoisotopic (exact) mass is 260 g/mol. The van der Waals surface area contributed by atoms with E-state index in [-0.39, 0.29) is 0 Å². The van der Waals surface area contributed by atoms with Gasteiger partial charge in [0.2, 0.25) is 0 Å². The molecular weight excluding hydrogens is 244 g/mol. The van der Waals surface area contributed by atoms with Gasteiger partial charge in [-0.25, -0.2) is 0 Å². The first-order chi connectivity index (χ1) is 8.84. The molecule has 0 saturated carbocycles. The summed E-state index contributed by atoms with van der Waals surface area (Å²) >= 11 is 1.95. The largest absolute Gasteiger partial charge is 0.320 e. The lowest BCUT2D eigenvalue weighted by Crippen LogP contribution is -2.22. The molecule has 1 aromatic carbocycles. The van der Waals surface area contributed by atoms with Gasteiger partial charge in [-0.3, -0.25) is 0 Å². The molecule has 0 saturated heterocycles. The van der Waals surface area contributed by atoms with Crippen molar-refractivity contribution < 1.29 is 0 Å². The first-order valence-electron chi connectivity index (χ1n) is 6.10. The highest BCUT2D eigenvalue weighted by atomic mass is 32.2. The fourth-order valence-corrected chi connectivity index (χ4v) is 3.48. The molecule has 1 atom stereocenters. The Balaban J connectivity index is 1.58. The summed E-state index contributed by atoms with van der Waals surface area (Å²) in [5.41, 5.74) is 1.48. The molecule has 2 aromatic rings. The van der Waals surface area contributed by atoms with Crippen LogP contribution >= 0.6 is 11.8 Å². The summed E-state index contributed by atoms with van der Waals surface area (Å²) in [5.74, 6) is 2.76. The van der Waals surface area contributed by atoms with Crippen molar-refractivity contribution in [3.8, 4) is 0 Å². The fraction of sp³-hybridized carbons (Fsp3) is 0.385. The van der Waals surface area contributed by atoms with E-state index in [0.717, 1.165) is 18.9 Å². The van der Waals surface area contributed by atoms with Crippen molar-refractivity contribution in [2.75, 3.05) is 12.3 Å². The highest BCUT2D eigenvalue weighted by Gasteiger charge is 2.22. The molecule has 3 rings (SSSR count). The van der Waals surface area contributed by atoms with Gasteiger partial charge in [0.15, 0.2) is 0 Å². The zero-order valence-corrected chi connectivity index (χ0v) is 11.2. The summed E-state index contributed by atoms with van der Waals surface area (Å²) in [6.07, 6.45) is 1.73. The average Bonchev–Trinajstić information content (AvgIpc) is 2.97. The minimum Gasteiger partial charge on any atom is -0.320 e. The molecule has 94 valence electrons. The van der Waals surface area contributed by atoms with Gasteiger partial charge in [-0.15, -0.1) is 22.0 Å². The number of nitrogens with one attached hydrogen (secondary N) is 1. The van der Waals surface area contributed by atoms with E-state index >= 15 is 0 Å². The molecule has 0 bridgehead atoms. The second-order valence-electron chi connectivity index (χ2n) is 4.53. The number of rotatable bonds is 4. The average molecular weight is 260 g/mol. The normalized spacial score (nSPS) is 17.9. The van der Waals surface area contributed by atoms with E-state index < -0.39 is 0 Å². The van der Waals surface area contributed by atoms with Gasteiger partial charge in [-0.2, -0.15) is 0 Å². The van der Waals surface area contributed by atoms with Crippen molar-refractivity contribution in [3.63, 3.8) is 0 Å². The van der Waals surface area contributed by atoms with Crippen LogP contribution in [0.3, 0.4) is 0 Å². The van der Waals surface area contributed by atoms with E-state index in [9.17, 15) is 0 Å². The highest BCUT2D eigenvalue weighted by molar-refractivity contribution is 7.99. The van der Waals surface area contributed by atoms with Gasteiger partial charge in [0, 0.05) is 30.2 Å². The van der Waals surface area contributed by atoms with E-state index in [0.29, 0.717) is 5.92 Å². The molecule has 1 N–H and O–H groups in total. The Labute approximate surface area is 111 Å². The number of hydrogen-bond acceptors (Lipinski definition) is 4. The van der Waals surface area contributed by atoms with Crippen molar-refractivity contribution in [2.24, 2.45) is 7.05 Å². The van der Waals surface area contributed by atoms with Gasteiger partial charge in [0.05, 0.1) is 6.54 Å². The molecule has 0 spiro atoms. The third kappa shape index (κ3) is 2.28. The van der Waals surface area contributed by atoms with Gasteiger partial charge in [-0.05, 0) is 11.6 Å². The molecule has 1 aromatic heterocycles. The lowest BCUT2D eigenvalue weighted by molar-refractivity contribution is 0.592. The van der Waals surface area contributed by atoms with Crippen LogP contribution < -0.4 is 5.32 Å². The number of aromatic nitrogens is 3. The number of fused-ring (bicyclic) bond motifs is 1. The Hall–Kier alpha value is -1.33. The lowest BCUT2D eigenvalue weighted by atomic mass is 10.0. The Morgan fingerprint density at radius 1 is 1.44 bits per heavy atom. The molecule has 0 amide bonds. The van der Waals surface area contributed by atoms with E-state index in [4.69, 9.17) is 0 Å². The van der Waals surface area contributed by atoms with Gasteiger partial charge in [0.25, 0.3) is 0 Å². The number of benzene rings is 1. The number of aryl methyl sites for hydroxylation is 1. The van der Waals surface area contributed by atoms with Gasteiger partial charge >= 0.3 is 0 Å². The van der Waals surface area contributed by atoms with E-state index in [2.05, 4.69) is 39.8 Å². The van der Waals surface area contributed by atoms with Crippen LogP contribution in [0.1, 0.15) is 17.3 Å². The van der Waals surface area contributed by atoms with Gasteiger partial charge in [-0.1, -0.05) is 18.2 Å². The second-order valence-corrected chi connectivity index (χ2v) is 5.60. The van der Waals surface area contributed by atoms with Crippen LogP contribution in [0.5, 0.6) is 0 Å². The quantitative estimate of drug-likeness (QED) is 0.910. The van der Waals surface area contributed by atoms with Crippen LogP contribution in [-0.2, 0) is 13.6 Å². The van der Waals surface area contributed by atoms with Crippen molar-refractivity contribution >= 4 is 11.8 Å². The predicted octanol–water partition coefficient (Wildman–Crippen LogP) is 1.79. The third-order valence-electron chi connectivity index (χ3n) is 3.28. The molecule has 4 nitrogen and oxygen atoms in total. The van der Waals surface area contributed by atoms with E-state index in [1.165, 1.54) is 16.2 Å². The van der Waals surface area contributed by atoms with Crippen LogP contribution in [0.15, 0.2) is 35.5 Å². The highest BCUT2D eigenvalue weighted by Crippen LogP contribution is 2.38. The lowest BCUT2D eigenvalue weighted by Gasteiger charge is -2.11. The number of thioether (sulfide) groups is 1. The predicted molar refractivity (Wildman–Crippen MR) is 72.6 cm³/mol. The molecule has 0 aliphatic carbocycles. The van der Waals surface area contributed by atoms with Crippen molar-refractivity contribution in [1.29, 1.82) is 0 Å². The Morgan fingerprint density at radius 2 is 2.33 bits per heavy atom. The van der Waals surface area contributed by atoms with Crippen molar-refractivity contribution in [2.45, 2.75) is 17.4 Å². The first-order valence-corrected chi connectivity index (χ1v) is 7.08. The summed E-state index contributed by atoms with van der Waals surface area (Å²) in [6.45, 7) is 1.77. The fourth-order valence-electron chi connectivity index (χ4n) is 2.22. The van der Waals surface area contributed by atoms with E-state index in [1.807, 2.05) is 23.4 Å².